The summed E-state index contributed by atoms with van der Waals surface area (Å²) in [5, 5.41) is 0. The van der Waals surface area contributed by atoms with Gasteiger partial charge in [0.2, 0.25) is 0 Å². The fraction of sp³-hybridized carbons (Fsp3) is 1.00. The highest BCUT2D eigenvalue weighted by Gasteiger charge is 1.93. The van der Waals surface area contributed by atoms with Crippen LogP contribution in [-0.2, 0) is 0 Å². The van der Waals surface area contributed by atoms with Gasteiger partial charge in [-0.25, -0.2) is 0 Å². The van der Waals surface area contributed by atoms with Gasteiger partial charge < -0.3 is 4.90 Å². The summed E-state index contributed by atoms with van der Waals surface area (Å²) in [6.07, 6.45) is 0. The van der Waals surface area contributed by atoms with Gasteiger partial charge in [-0.15, -0.1) is 0 Å². The summed E-state index contributed by atoms with van der Waals surface area (Å²) in [5.41, 5.74) is 0. The fourth-order valence-electron chi connectivity index (χ4n) is 0. The Bertz CT molecular complexity index is 31.8. The van der Waals surface area contributed by atoms with Crippen molar-refractivity contribution in [1.82, 2.24) is 4.90 Å². The molecule has 1 nitrogen and oxygen atoms in total. The highest BCUT2D eigenvalue weighted by atomic mass is 79.9. The van der Waals surface area contributed by atoms with Crippen LogP contribution in [0.1, 0.15) is 0 Å². The third-order valence-corrected chi connectivity index (χ3v) is 1.53. The largest absolute Gasteiger partial charge is 0.304 e. The van der Waals surface area contributed by atoms with Crippen LogP contribution in [0.5, 0.6) is 0 Å². The van der Waals surface area contributed by atoms with Gasteiger partial charge in [0.25, 0.3) is 0 Å². The normalized spacial score (nSPS) is 15.3. The van der Waals surface area contributed by atoms with Gasteiger partial charge in [0.1, 0.15) is 7.85 Å². The molecule has 0 saturated carbocycles. The smallest absolute Gasteiger partial charge is 0.137 e. The predicted molar refractivity (Wildman–Crippen MR) is 34.9 cm³/mol. The first-order valence-corrected chi connectivity index (χ1v) is 2.86. The van der Waals surface area contributed by atoms with Crippen molar-refractivity contribution in [1.29, 1.82) is 0 Å². The predicted octanol–water partition coefficient (Wildman–Crippen LogP) is -0.140. The summed E-state index contributed by atoms with van der Waals surface area (Å²) in [6.45, 7) is 0. The Morgan fingerprint density at radius 1 is 1.67 bits per heavy atom. The Morgan fingerprint density at radius 3 is 1.83 bits per heavy atom. The van der Waals surface area contributed by atoms with Crippen molar-refractivity contribution in [3.05, 3.63) is 0 Å². The van der Waals surface area contributed by atoms with Crippen LogP contribution >= 0.6 is 15.9 Å². The summed E-state index contributed by atoms with van der Waals surface area (Å²) < 4.78 is 0. The van der Waals surface area contributed by atoms with E-state index in [0.29, 0.717) is 4.85 Å². The molecule has 0 radical (unpaired) electrons. The first kappa shape index (κ1) is 6.50. The maximum absolute atomic E-state index is 3.36. The highest BCUT2D eigenvalue weighted by molar-refractivity contribution is 9.10. The van der Waals surface area contributed by atoms with Crippen LogP contribution in [0.3, 0.4) is 0 Å². The molecule has 0 fully saturated rings. The van der Waals surface area contributed by atoms with E-state index in [1.54, 1.807) is 0 Å². The molecule has 0 aliphatic carbocycles. The maximum atomic E-state index is 3.36. The van der Waals surface area contributed by atoms with Crippen molar-refractivity contribution in [2.24, 2.45) is 0 Å². The van der Waals surface area contributed by atoms with Gasteiger partial charge in [-0.3, -0.25) is 0 Å². The van der Waals surface area contributed by atoms with Crippen LogP contribution in [0, 0.1) is 0 Å². The van der Waals surface area contributed by atoms with Crippen molar-refractivity contribution < 1.29 is 0 Å². The zero-order chi connectivity index (χ0) is 5.15. The van der Waals surface area contributed by atoms with Gasteiger partial charge >= 0.3 is 0 Å². The standard InChI is InChI=1S/C3H9BBrN/c1-6(2)3(4)5/h3H,4H2,1-2H3. The molecule has 3 heteroatoms. The van der Waals surface area contributed by atoms with E-state index in [-0.39, 0.29) is 0 Å². The molecule has 36 valence electrons. The van der Waals surface area contributed by atoms with Gasteiger partial charge in [-0.1, -0.05) is 15.9 Å². The van der Waals surface area contributed by atoms with Crippen LogP contribution in [0.25, 0.3) is 0 Å². The molecule has 1 unspecified atom stereocenters. The fourth-order valence-corrected chi connectivity index (χ4v) is 0. The van der Waals surface area contributed by atoms with Gasteiger partial charge in [0.05, 0.1) is 0 Å². The molecule has 0 bridgehead atoms. The van der Waals surface area contributed by atoms with E-state index in [9.17, 15) is 0 Å². The second kappa shape index (κ2) is 2.64. The summed E-state index contributed by atoms with van der Waals surface area (Å²) in [5.74, 6) is 0. The number of alkyl halides is 1. The lowest BCUT2D eigenvalue weighted by Gasteiger charge is -2.10. The lowest BCUT2D eigenvalue weighted by molar-refractivity contribution is 0.459. The minimum absolute atomic E-state index is 0.498. The maximum Gasteiger partial charge on any atom is 0.137 e. The average molecular weight is 150 g/mol. The Morgan fingerprint density at radius 2 is 1.83 bits per heavy atom. The molecule has 0 aromatic carbocycles. The Labute approximate surface area is 48.2 Å². The number of hydrogen-bond donors (Lipinski definition) is 0. The molecule has 1 atom stereocenters. The summed E-state index contributed by atoms with van der Waals surface area (Å²) >= 11 is 3.36. The van der Waals surface area contributed by atoms with Crippen LogP contribution in [0.4, 0.5) is 0 Å². The van der Waals surface area contributed by atoms with E-state index < -0.39 is 0 Å². The Kier molecular flexibility index (Phi) is 2.86. The Balaban J connectivity index is 2.99. The monoisotopic (exact) mass is 149 g/mol. The molecule has 0 aliphatic rings. The quantitative estimate of drug-likeness (QED) is 0.285. The second-order valence-electron chi connectivity index (χ2n) is 1.54. The summed E-state index contributed by atoms with van der Waals surface area (Å²) in [6, 6.07) is 0. The van der Waals surface area contributed by atoms with E-state index in [1.165, 1.54) is 0 Å². The van der Waals surface area contributed by atoms with Crippen LogP contribution in [0.2, 0.25) is 0 Å². The molecule has 0 rings (SSSR count). The van der Waals surface area contributed by atoms with Crippen molar-refractivity contribution in [2.45, 2.75) is 4.85 Å². The number of halogens is 1. The van der Waals surface area contributed by atoms with Gasteiger partial charge in [-0.2, -0.15) is 0 Å². The minimum atomic E-state index is 0.498. The van der Waals surface area contributed by atoms with E-state index in [2.05, 4.69) is 28.7 Å². The number of nitrogens with zero attached hydrogens (tertiary/aromatic N) is 1. The molecule has 0 aromatic rings. The van der Waals surface area contributed by atoms with Crippen LogP contribution in [-0.4, -0.2) is 31.7 Å². The average Bonchev–Trinajstić information content (AvgIpc) is 1.36. The molecule has 6 heavy (non-hydrogen) atoms. The Hall–Kier alpha value is 0.505. The molecule has 0 aromatic heterocycles. The van der Waals surface area contributed by atoms with E-state index >= 15 is 0 Å². The number of rotatable bonds is 1. The van der Waals surface area contributed by atoms with Crippen molar-refractivity contribution in [3.63, 3.8) is 0 Å². The molecule has 0 saturated heterocycles. The highest BCUT2D eigenvalue weighted by Crippen LogP contribution is 1.93. The third-order valence-electron chi connectivity index (χ3n) is 0.712. The van der Waals surface area contributed by atoms with Crippen molar-refractivity contribution >= 4 is 23.8 Å². The third kappa shape index (κ3) is 2.73. The molecule has 0 N–H and O–H groups in total. The molecule has 0 amide bonds. The lowest BCUT2D eigenvalue weighted by atomic mass is 10.1. The topological polar surface area (TPSA) is 3.24 Å². The van der Waals surface area contributed by atoms with Crippen molar-refractivity contribution in [3.8, 4) is 0 Å². The van der Waals surface area contributed by atoms with Gasteiger partial charge in [-0.05, 0) is 14.1 Å². The van der Waals surface area contributed by atoms with Crippen molar-refractivity contribution in [2.75, 3.05) is 14.1 Å². The number of hydrogen-bond acceptors (Lipinski definition) is 1. The van der Waals surface area contributed by atoms with E-state index in [0.717, 1.165) is 0 Å². The SMILES string of the molecule is BC(Br)N(C)C. The molecule has 0 aliphatic heterocycles. The van der Waals surface area contributed by atoms with Crippen LogP contribution < -0.4 is 0 Å². The zero-order valence-electron chi connectivity index (χ0n) is 4.40. The van der Waals surface area contributed by atoms with Gasteiger partial charge in [0.15, 0.2) is 0 Å². The first-order valence-electron chi connectivity index (χ1n) is 1.95. The van der Waals surface area contributed by atoms with E-state index in [1.807, 2.05) is 14.1 Å². The van der Waals surface area contributed by atoms with Crippen LogP contribution in [0.15, 0.2) is 0 Å². The second-order valence-corrected chi connectivity index (χ2v) is 2.86. The summed E-state index contributed by atoms with van der Waals surface area (Å²) in [7, 11) is 6.14. The zero-order valence-corrected chi connectivity index (χ0v) is 5.99. The molecular weight excluding hydrogens is 141 g/mol. The van der Waals surface area contributed by atoms with Gasteiger partial charge in [0, 0.05) is 4.85 Å². The lowest BCUT2D eigenvalue weighted by Crippen LogP contribution is -2.21. The molecule has 0 spiro atoms. The molecule has 0 heterocycles. The first-order chi connectivity index (χ1) is 2.64. The summed E-state index contributed by atoms with van der Waals surface area (Å²) in [4.78, 5) is 2.58. The van der Waals surface area contributed by atoms with E-state index in [4.69, 9.17) is 0 Å². The minimum Gasteiger partial charge on any atom is -0.304 e. The molecular formula is C3H9BBrN.